The van der Waals surface area contributed by atoms with Gasteiger partial charge in [0.15, 0.2) is 0 Å². The summed E-state index contributed by atoms with van der Waals surface area (Å²) in [5.74, 6) is 0.516. The predicted molar refractivity (Wildman–Crippen MR) is 111 cm³/mol. The number of hydrogen-bond donors (Lipinski definition) is 0. The molecule has 5 heteroatoms. The molecule has 0 aliphatic rings. The van der Waals surface area contributed by atoms with E-state index in [-0.39, 0.29) is 36.7 Å². The zero-order valence-corrected chi connectivity index (χ0v) is 19.8. The van der Waals surface area contributed by atoms with Crippen LogP contribution in [0, 0.1) is 0 Å². The first-order valence-corrected chi connectivity index (χ1v) is 11.6. The van der Waals surface area contributed by atoms with E-state index < -0.39 is 10.1 Å². The Balaban J connectivity index is 0.00000364. The van der Waals surface area contributed by atoms with Crippen molar-refractivity contribution in [2.24, 2.45) is 0 Å². The van der Waals surface area contributed by atoms with E-state index in [1.165, 1.54) is 44.9 Å². The maximum absolute atomic E-state index is 12.3. The van der Waals surface area contributed by atoms with Crippen LogP contribution in [0.2, 0.25) is 0 Å². The van der Waals surface area contributed by atoms with Crippen molar-refractivity contribution in [2.75, 3.05) is 5.75 Å². The second kappa shape index (κ2) is 13.6. The van der Waals surface area contributed by atoms with Crippen molar-refractivity contribution in [3.63, 3.8) is 0 Å². The molecule has 0 saturated heterocycles. The van der Waals surface area contributed by atoms with Crippen LogP contribution in [-0.4, -0.2) is 14.2 Å². The van der Waals surface area contributed by atoms with Crippen molar-refractivity contribution < 1.29 is 43.6 Å². The Morgan fingerprint density at radius 3 is 2.00 bits per heavy atom. The topological polar surface area (TPSA) is 43.4 Å². The van der Waals surface area contributed by atoms with Crippen LogP contribution in [0.4, 0.5) is 0 Å². The molecule has 27 heavy (non-hydrogen) atoms. The predicted octanol–water partition coefficient (Wildman–Crippen LogP) is 3.59. The molecule has 0 saturated carbocycles. The minimum atomic E-state index is -3.53. The number of fused-ring (bicyclic) bond motifs is 1. The van der Waals surface area contributed by atoms with E-state index in [1.807, 2.05) is 36.4 Å². The number of unbranched alkanes of at least 4 members (excludes halogenated alkanes) is 9. The van der Waals surface area contributed by atoms with E-state index in [1.54, 1.807) is 6.07 Å². The zero-order chi connectivity index (χ0) is 18.7. The molecule has 0 N–H and O–H groups in total. The van der Waals surface area contributed by atoms with Gasteiger partial charge in [-0.05, 0) is 17.9 Å². The summed E-state index contributed by atoms with van der Waals surface area (Å²) in [5.41, 5.74) is 0. The summed E-state index contributed by atoms with van der Waals surface area (Å²) in [4.78, 5) is 0. The molecule has 0 bridgehead atoms. The molecular formula is C22H33NaO3S. The van der Waals surface area contributed by atoms with E-state index in [4.69, 9.17) is 4.18 Å². The summed E-state index contributed by atoms with van der Waals surface area (Å²) in [6, 6.07) is 13.2. The fraction of sp³-hybridized carbons (Fsp3) is 0.545. The molecule has 0 atom stereocenters. The summed E-state index contributed by atoms with van der Waals surface area (Å²) >= 11 is 0. The summed E-state index contributed by atoms with van der Waals surface area (Å²) in [6.45, 7) is 2.23. The first-order valence-electron chi connectivity index (χ1n) is 10.0. The van der Waals surface area contributed by atoms with Gasteiger partial charge in [0.1, 0.15) is 5.75 Å². The number of benzene rings is 2. The Hall–Kier alpha value is -0.550. The summed E-state index contributed by atoms with van der Waals surface area (Å²) in [6.07, 6.45) is 11.8. The van der Waals surface area contributed by atoms with E-state index >= 15 is 0 Å². The van der Waals surface area contributed by atoms with Gasteiger partial charge in [0.05, 0.1) is 5.75 Å². The minimum absolute atomic E-state index is 0. The zero-order valence-electron chi connectivity index (χ0n) is 18.0. The fourth-order valence-corrected chi connectivity index (χ4v) is 4.27. The Labute approximate surface area is 188 Å². The quantitative estimate of drug-likeness (QED) is 0.293. The maximum Gasteiger partial charge on any atom is 1.00 e. The van der Waals surface area contributed by atoms with E-state index in [9.17, 15) is 8.42 Å². The van der Waals surface area contributed by atoms with Gasteiger partial charge in [-0.25, -0.2) is 0 Å². The molecule has 0 unspecified atom stereocenters. The van der Waals surface area contributed by atoms with Crippen LogP contribution in [0.5, 0.6) is 5.75 Å². The van der Waals surface area contributed by atoms with Crippen molar-refractivity contribution >= 4 is 20.9 Å². The molecule has 0 aliphatic carbocycles. The molecule has 0 heterocycles. The first kappa shape index (κ1) is 24.5. The third-order valence-corrected chi connectivity index (χ3v) is 5.94. The molecule has 2 aromatic carbocycles. The van der Waals surface area contributed by atoms with Gasteiger partial charge in [0.25, 0.3) is 0 Å². The second-order valence-corrected chi connectivity index (χ2v) is 8.69. The van der Waals surface area contributed by atoms with E-state index in [0.29, 0.717) is 12.2 Å². The van der Waals surface area contributed by atoms with Crippen LogP contribution in [0.25, 0.3) is 10.8 Å². The fourth-order valence-electron chi connectivity index (χ4n) is 3.21. The molecule has 0 amide bonds. The molecule has 146 valence electrons. The number of rotatable bonds is 13. The van der Waals surface area contributed by atoms with Gasteiger partial charge < -0.3 is 5.61 Å². The largest absolute Gasteiger partial charge is 1.00 e. The molecule has 0 spiro atoms. The van der Waals surface area contributed by atoms with Gasteiger partial charge >= 0.3 is 39.7 Å². The standard InChI is InChI=1S/C22H32O3S.Na.H/c1-2-3-4-5-6-7-8-9-10-13-19-26(23,24)25-22-18-14-16-20-15-11-12-17-21(20)22;;/h11-12,14-18H,2-10,13,19H2,1H3;;/q;+1;-1. The Morgan fingerprint density at radius 1 is 0.778 bits per heavy atom. The second-order valence-electron chi connectivity index (χ2n) is 7.00. The Bertz CT molecular complexity index is 760. The van der Waals surface area contributed by atoms with Crippen LogP contribution >= 0.6 is 0 Å². The molecule has 3 nitrogen and oxygen atoms in total. The van der Waals surface area contributed by atoms with Crippen LogP contribution in [0.15, 0.2) is 42.5 Å². The van der Waals surface area contributed by atoms with Crippen molar-refractivity contribution in [1.29, 1.82) is 0 Å². The minimum Gasteiger partial charge on any atom is -1.00 e. The van der Waals surface area contributed by atoms with Crippen molar-refractivity contribution in [3.05, 3.63) is 42.5 Å². The van der Waals surface area contributed by atoms with Gasteiger partial charge in [0.2, 0.25) is 0 Å². The first-order chi connectivity index (χ1) is 12.6. The molecule has 0 aliphatic heterocycles. The van der Waals surface area contributed by atoms with Gasteiger partial charge in [-0.2, -0.15) is 8.42 Å². The van der Waals surface area contributed by atoms with Gasteiger partial charge in [-0.15, -0.1) is 0 Å². The van der Waals surface area contributed by atoms with Gasteiger partial charge in [0, 0.05) is 5.39 Å². The summed E-state index contributed by atoms with van der Waals surface area (Å²) in [5, 5.41) is 1.82. The Morgan fingerprint density at radius 2 is 1.33 bits per heavy atom. The molecular weight excluding hydrogens is 367 g/mol. The van der Waals surface area contributed by atoms with Crippen molar-refractivity contribution in [3.8, 4) is 5.75 Å². The van der Waals surface area contributed by atoms with Crippen molar-refractivity contribution in [1.82, 2.24) is 0 Å². The summed E-state index contributed by atoms with van der Waals surface area (Å²) in [7, 11) is -3.53. The molecule has 0 fully saturated rings. The Kier molecular flexibility index (Phi) is 12.3. The maximum atomic E-state index is 12.3. The van der Waals surface area contributed by atoms with Crippen LogP contribution in [0.3, 0.4) is 0 Å². The average Bonchev–Trinajstić information content (AvgIpc) is 2.63. The monoisotopic (exact) mass is 400 g/mol. The molecule has 2 rings (SSSR count). The smallest absolute Gasteiger partial charge is 1.00 e. The van der Waals surface area contributed by atoms with Crippen LogP contribution in [0.1, 0.15) is 72.6 Å². The molecule has 0 radical (unpaired) electrons. The average molecular weight is 401 g/mol. The summed E-state index contributed by atoms with van der Waals surface area (Å²) < 4.78 is 29.9. The number of hydrogen-bond acceptors (Lipinski definition) is 3. The van der Waals surface area contributed by atoms with E-state index in [2.05, 4.69) is 6.92 Å². The normalized spacial score (nSPS) is 11.3. The molecule has 2 aromatic rings. The van der Waals surface area contributed by atoms with Gasteiger partial charge in [-0.1, -0.05) is 101 Å². The SMILES string of the molecule is CCCCCCCCCCCCS(=O)(=O)Oc1cccc2ccccc12.[H-].[Na+]. The van der Waals surface area contributed by atoms with Crippen LogP contribution in [-0.2, 0) is 10.1 Å². The molecule has 0 aromatic heterocycles. The van der Waals surface area contributed by atoms with Gasteiger partial charge in [-0.3, -0.25) is 0 Å². The van der Waals surface area contributed by atoms with Crippen LogP contribution < -0.4 is 33.7 Å². The third-order valence-electron chi connectivity index (χ3n) is 4.71. The third kappa shape index (κ3) is 9.47. The van der Waals surface area contributed by atoms with Crippen molar-refractivity contribution in [2.45, 2.75) is 71.1 Å². The van der Waals surface area contributed by atoms with E-state index in [0.717, 1.165) is 23.6 Å².